The Kier molecular flexibility index (Phi) is 4.63. The molecule has 1 heterocycles. The van der Waals surface area contributed by atoms with Crippen LogP contribution in [0.2, 0.25) is 5.02 Å². The molecule has 4 nitrogen and oxygen atoms in total. The van der Waals surface area contributed by atoms with Crippen LogP contribution in [0.25, 0.3) is 0 Å². The van der Waals surface area contributed by atoms with Crippen molar-refractivity contribution < 1.29 is 9.13 Å². The minimum atomic E-state index is -0.412. The summed E-state index contributed by atoms with van der Waals surface area (Å²) in [4.78, 5) is 8.85. The largest absolute Gasteiger partial charge is 0.437 e. The van der Waals surface area contributed by atoms with Gasteiger partial charge in [-0.15, -0.1) is 0 Å². The molecule has 0 unspecified atom stereocenters. The zero-order valence-corrected chi connectivity index (χ0v) is 13.1. The normalized spacial score (nSPS) is 10.8. The second-order valence-corrected chi connectivity index (χ2v) is 5.35. The molecule has 1 aromatic heterocycles. The lowest BCUT2D eigenvalue weighted by atomic mass is 10.2. The summed E-state index contributed by atoms with van der Waals surface area (Å²) in [7, 11) is 1.79. The van der Waals surface area contributed by atoms with Gasteiger partial charge < -0.3 is 10.1 Å². The third-order valence-electron chi connectivity index (χ3n) is 2.97. The van der Waals surface area contributed by atoms with Crippen LogP contribution in [0.1, 0.15) is 31.2 Å². The zero-order chi connectivity index (χ0) is 15.6. The van der Waals surface area contributed by atoms with Crippen molar-refractivity contribution in [3.63, 3.8) is 0 Å². The van der Waals surface area contributed by atoms with Crippen molar-refractivity contribution >= 4 is 17.4 Å². The van der Waals surface area contributed by atoms with Crippen molar-refractivity contribution in [3.05, 3.63) is 40.4 Å². The van der Waals surface area contributed by atoms with E-state index in [1.807, 2.05) is 20.8 Å². The topological polar surface area (TPSA) is 47.0 Å². The maximum absolute atomic E-state index is 13.1. The SMILES string of the molecule is CNc1nc(C(C)C)nc(Oc2ccc(F)cc2Cl)c1C. The quantitative estimate of drug-likeness (QED) is 0.901. The standard InChI is InChI=1S/C15H17ClFN3O/c1-8(2)13-19-14(18-4)9(3)15(20-13)21-12-6-5-10(17)7-11(12)16/h5-8H,1-4H3,(H,18,19,20). The van der Waals surface area contributed by atoms with Gasteiger partial charge >= 0.3 is 0 Å². The van der Waals surface area contributed by atoms with Gasteiger partial charge in [0, 0.05) is 13.0 Å². The first kappa shape index (κ1) is 15.5. The maximum Gasteiger partial charge on any atom is 0.227 e. The summed E-state index contributed by atoms with van der Waals surface area (Å²) in [6.45, 7) is 5.85. The fourth-order valence-corrected chi connectivity index (χ4v) is 1.98. The first-order valence-electron chi connectivity index (χ1n) is 6.61. The van der Waals surface area contributed by atoms with Gasteiger partial charge in [0.1, 0.15) is 23.2 Å². The molecule has 0 saturated heterocycles. The molecule has 0 aliphatic carbocycles. The molecule has 0 atom stereocenters. The number of hydrogen-bond acceptors (Lipinski definition) is 4. The molecule has 1 N–H and O–H groups in total. The van der Waals surface area contributed by atoms with E-state index < -0.39 is 5.82 Å². The summed E-state index contributed by atoms with van der Waals surface area (Å²) in [5.74, 6) is 1.87. The Morgan fingerprint density at radius 1 is 1.29 bits per heavy atom. The summed E-state index contributed by atoms with van der Waals surface area (Å²) in [5, 5.41) is 3.22. The molecule has 112 valence electrons. The number of nitrogens with zero attached hydrogens (tertiary/aromatic N) is 2. The highest BCUT2D eigenvalue weighted by atomic mass is 35.5. The van der Waals surface area contributed by atoms with Crippen LogP contribution in [-0.4, -0.2) is 17.0 Å². The molecular weight excluding hydrogens is 293 g/mol. The summed E-state index contributed by atoms with van der Waals surface area (Å²) in [6.07, 6.45) is 0. The van der Waals surface area contributed by atoms with Gasteiger partial charge in [-0.1, -0.05) is 25.4 Å². The summed E-state index contributed by atoms with van der Waals surface area (Å²) < 4.78 is 18.8. The Morgan fingerprint density at radius 3 is 2.57 bits per heavy atom. The molecule has 0 saturated carbocycles. The van der Waals surface area contributed by atoms with E-state index in [4.69, 9.17) is 16.3 Å². The Balaban J connectivity index is 2.45. The summed E-state index contributed by atoms with van der Waals surface area (Å²) in [5.41, 5.74) is 0.766. The second kappa shape index (κ2) is 6.26. The number of ether oxygens (including phenoxy) is 1. The van der Waals surface area contributed by atoms with E-state index in [2.05, 4.69) is 15.3 Å². The molecule has 0 aliphatic rings. The van der Waals surface area contributed by atoms with Gasteiger partial charge in [-0.25, -0.2) is 9.37 Å². The molecule has 0 aliphatic heterocycles. The van der Waals surface area contributed by atoms with E-state index in [1.54, 1.807) is 7.05 Å². The minimum Gasteiger partial charge on any atom is -0.437 e. The first-order valence-corrected chi connectivity index (χ1v) is 6.99. The molecule has 1 aromatic carbocycles. The Morgan fingerprint density at radius 2 is 2.00 bits per heavy atom. The molecule has 21 heavy (non-hydrogen) atoms. The summed E-state index contributed by atoms with van der Waals surface area (Å²) in [6, 6.07) is 3.98. The predicted molar refractivity (Wildman–Crippen MR) is 81.9 cm³/mol. The zero-order valence-electron chi connectivity index (χ0n) is 12.4. The smallest absolute Gasteiger partial charge is 0.227 e. The van der Waals surface area contributed by atoms with Crippen molar-refractivity contribution in [2.45, 2.75) is 26.7 Å². The molecule has 2 rings (SSSR count). The average molecular weight is 310 g/mol. The highest BCUT2D eigenvalue weighted by molar-refractivity contribution is 6.32. The van der Waals surface area contributed by atoms with Crippen molar-refractivity contribution in [2.75, 3.05) is 12.4 Å². The number of aromatic nitrogens is 2. The van der Waals surface area contributed by atoms with E-state index in [0.717, 1.165) is 5.56 Å². The van der Waals surface area contributed by atoms with E-state index in [1.165, 1.54) is 18.2 Å². The van der Waals surface area contributed by atoms with Crippen LogP contribution in [0.3, 0.4) is 0 Å². The third-order valence-corrected chi connectivity index (χ3v) is 3.27. The van der Waals surface area contributed by atoms with Gasteiger partial charge in [-0.2, -0.15) is 4.98 Å². The molecule has 0 radical (unpaired) electrons. The monoisotopic (exact) mass is 309 g/mol. The van der Waals surface area contributed by atoms with Crippen LogP contribution in [0.15, 0.2) is 18.2 Å². The molecule has 6 heteroatoms. The van der Waals surface area contributed by atoms with Crippen LogP contribution in [0.5, 0.6) is 11.6 Å². The van der Waals surface area contributed by atoms with Gasteiger partial charge in [0.15, 0.2) is 0 Å². The summed E-state index contributed by atoms with van der Waals surface area (Å²) >= 11 is 5.98. The van der Waals surface area contributed by atoms with Crippen molar-refractivity contribution in [2.24, 2.45) is 0 Å². The highest BCUT2D eigenvalue weighted by Gasteiger charge is 2.15. The fourth-order valence-electron chi connectivity index (χ4n) is 1.78. The van der Waals surface area contributed by atoms with Gasteiger partial charge in [0.05, 0.1) is 10.6 Å². The second-order valence-electron chi connectivity index (χ2n) is 4.94. The number of hydrogen-bond donors (Lipinski definition) is 1. The van der Waals surface area contributed by atoms with E-state index in [0.29, 0.717) is 23.3 Å². The average Bonchev–Trinajstić information content (AvgIpc) is 2.43. The van der Waals surface area contributed by atoms with Crippen molar-refractivity contribution in [1.29, 1.82) is 0 Å². The third kappa shape index (κ3) is 3.42. The van der Waals surface area contributed by atoms with Gasteiger partial charge in [-0.05, 0) is 25.1 Å². The number of rotatable bonds is 4. The van der Waals surface area contributed by atoms with Crippen LogP contribution < -0.4 is 10.1 Å². The molecular formula is C15H17ClFN3O. The fraction of sp³-hybridized carbons (Fsp3) is 0.333. The molecule has 0 fully saturated rings. The number of anilines is 1. The van der Waals surface area contributed by atoms with E-state index in [-0.39, 0.29) is 10.9 Å². The van der Waals surface area contributed by atoms with Crippen LogP contribution in [0, 0.1) is 12.7 Å². The minimum absolute atomic E-state index is 0.156. The molecule has 0 bridgehead atoms. The number of halogens is 2. The van der Waals surface area contributed by atoms with Crippen molar-refractivity contribution in [1.82, 2.24) is 9.97 Å². The Bertz CT molecular complexity index is 662. The highest BCUT2D eigenvalue weighted by Crippen LogP contribution is 2.33. The molecule has 0 spiro atoms. The van der Waals surface area contributed by atoms with Crippen molar-refractivity contribution in [3.8, 4) is 11.6 Å². The predicted octanol–water partition coefficient (Wildman–Crippen LogP) is 4.53. The number of nitrogens with one attached hydrogen (secondary N) is 1. The maximum atomic E-state index is 13.1. The molecule has 0 amide bonds. The number of benzene rings is 1. The van der Waals surface area contributed by atoms with Gasteiger partial charge in [0.25, 0.3) is 0 Å². The van der Waals surface area contributed by atoms with Gasteiger partial charge in [-0.3, -0.25) is 0 Å². The van der Waals surface area contributed by atoms with Crippen LogP contribution in [0.4, 0.5) is 10.2 Å². The lowest BCUT2D eigenvalue weighted by Crippen LogP contribution is -2.06. The van der Waals surface area contributed by atoms with E-state index in [9.17, 15) is 4.39 Å². The van der Waals surface area contributed by atoms with Crippen LogP contribution >= 0.6 is 11.6 Å². The first-order chi connectivity index (χ1) is 9.92. The Hall–Kier alpha value is -1.88. The molecule has 2 aromatic rings. The Labute approximate surface area is 128 Å². The van der Waals surface area contributed by atoms with Gasteiger partial charge in [0.2, 0.25) is 5.88 Å². The van der Waals surface area contributed by atoms with E-state index >= 15 is 0 Å². The lowest BCUT2D eigenvalue weighted by molar-refractivity contribution is 0.452. The lowest BCUT2D eigenvalue weighted by Gasteiger charge is -2.14. The van der Waals surface area contributed by atoms with Crippen LogP contribution in [-0.2, 0) is 0 Å².